The van der Waals surface area contributed by atoms with Gasteiger partial charge in [0.2, 0.25) is 0 Å². The van der Waals surface area contributed by atoms with Gasteiger partial charge >= 0.3 is 6.09 Å². The van der Waals surface area contributed by atoms with E-state index in [9.17, 15) is 9.90 Å². The normalized spacial score (nSPS) is 10.8. The summed E-state index contributed by atoms with van der Waals surface area (Å²) >= 11 is 5.13. The molecule has 0 spiro atoms. The van der Waals surface area contributed by atoms with Crippen molar-refractivity contribution in [2.24, 2.45) is 0 Å². The van der Waals surface area contributed by atoms with E-state index in [1.807, 2.05) is 30.3 Å². The molecule has 1 aromatic carbocycles. The molecular formula is C13H18N2O2S. The highest BCUT2D eigenvalue weighted by molar-refractivity contribution is 7.80. The number of nitrogens with one attached hydrogen (secondary N) is 1. The lowest BCUT2D eigenvalue weighted by Gasteiger charge is -2.33. The van der Waals surface area contributed by atoms with E-state index in [0.29, 0.717) is 6.54 Å². The van der Waals surface area contributed by atoms with Crippen molar-refractivity contribution in [1.82, 2.24) is 10.2 Å². The van der Waals surface area contributed by atoms with Gasteiger partial charge in [-0.05, 0) is 38.6 Å². The number of nitrogens with zero attached hydrogens (tertiary/aromatic N) is 1. The maximum absolute atomic E-state index is 11.2. The molecule has 4 nitrogen and oxygen atoms in total. The highest BCUT2D eigenvalue weighted by atomic mass is 32.1. The van der Waals surface area contributed by atoms with Gasteiger partial charge in [0.15, 0.2) is 5.11 Å². The number of amides is 1. The van der Waals surface area contributed by atoms with E-state index in [1.165, 1.54) is 0 Å². The van der Waals surface area contributed by atoms with Gasteiger partial charge in [0.25, 0.3) is 0 Å². The van der Waals surface area contributed by atoms with E-state index < -0.39 is 11.6 Å². The molecule has 0 aliphatic rings. The largest absolute Gasteiger partial charge is 0.465 e. The molecule has 1 aromatic rings. The molecule has 0 aliphatic carbocycles. The zero-order valence-electron chi connectivity index (χ0n) is 10.8. The minimum Gasteiger partial charge on any atom is -0.465 e. The van der Waals surface area contributed by atoms with E-state index >= 15 is 0 Å². The summed E-state index contributed by atoms with van der Waals surface area (Å²) in [5.41, 5.74) is 0.492. The Morgan fingerprint density at radius 2 is 1.89 bits per heavy atom. The summed E-state index contributed by atoms with van der Waals surface area (Å²) in [5, 5.41) is 12.4. The summed E-state index contributed by atoms with van der Waals surface area (Å²) in [6.45, 7) is 5.92. The van der Waals surface area contributed by atoms with Crippen LogP contribution in [0.4, 0.5) is 4.79 Å². The Labute approximate surface area is 113 Å². The lowest BCUT2D eigenvalue weighted by atomic mass is 10.1. The van der Waals surface area contributed by atoms with Crippen LogP contribution in [0.25, 0.3) is 0 Å². The quantitative estimate of drug-likeness (QED) is 0.808. The molecule has 0 atom stereocenters. The summed E-state index contributed by atoms with van der Waals surface area (Å²) in [6.07, 6.45) is -1.05. The first kappa shape index (κ1) is 14.4. The Bertz CT molecular complexity index is 426. The first-order chi connectivity index (χ1) is 8.32. The van der Waals surface area contributed by atoms with Crippen LogP contribution in [0.15, 0.2) is 30.3 Å². The molecule has 0 heterocycles. The van der Waals surface area contributed by atoms with Gasteiger partial charge in [-0.15, -0.1) is 0 Å². The number of benzene rings is 1. The van der Waals surface area contributed by atoms with Crippen molar-refractivity contribution in [2.45, 2.75) is 32.9 Å². The zero-order chi connectivity index (χ0) is 13.8. The second kappa shape index (κ2) is 5.82. The van der Waals surface area contributed by atoms with Gasteiger partial charge in [0, 0.05) is 12.1 Å². The molecule has 18 heavy (non-hydrogen) atoms. The number of thiocarbonyl (C=S) groups is 1. The van der Waals surface area contributed by atoms with Crippen LogP contribution in [-0.2, 0) is 6.54 Å². The molecule has 0 unspecified atom stereocenters. The molecule has 0 saturated carbocycles. The maximum atomic E-state index is 11.2. The number of hydrogen-bond donors (Lipinski definition) is 2. The van der Waals surface area contributed by atoms with Gasteiger partial charge in [-0.3, -0.25) is 0 Å². The maximum Gasteiger partial charge on any atom is 0.414 e. The van der Waals surface area contributed by atoms with Gasteiger partial charge in [0.05, 0.1) is 0 Å². The van der Waals surface area contributed by atoms with Crippen molar-refractivity contribution in [3.05, 3.63) is 35.9 Å². The fourth-order valence-electron chi connectivity index (χ4n) is 1.53. The van der Waals surface area contributed by atoms with Gasteiger partial charge in [-0.1, -0.05) is 30.3 Å². The fraction of sp³-hybridized carbons (Fsp3) is 0.385. The fourth-order valence-corrected chi connectivity index (χ4v) is 1.96. The highest BCUT2D eigenvalue weighted by Crippen LogP contribution is 2.14. The first-order valence-electron chi connectivity index (χ1n) is 5.67. The lowest BCUT2D eigenvalue weighted by Crippen LogP contribution is -2.52. The summed E-state index contributed by atoms with van der Waals surface area (Å²) in [4.78, 5) is 12.4. The molecule has 1 amide bonds. The number of hydrogen-bond acceptors (Lipinski definition) is 2. The Morgan fingerprint density at radius 3 is 2.33 bits per heavy atom. The van der Waals surface area contributed by atoms with Gasteiger partial charge in [0.1, 0.15) is 0 Å². The molecule has 0 aliphatic heterocycles. The van der Waals surface area contributed by atoms with Crippen molar-refractivity contribution in [2.75, 3.05) is 0 Å². The van der Waals surface area contributed by atoms with E-state index in [2.05, 4.69) is 5.32 Å². The Kier molecular flexibility index (Phi) is 4.67. The highest BCUT2D eigenvalue weighted by Gasteiger charge is 2.29. The smallest absolute Gasteiger partial charge is 0.414 e. The Hall–Kier alpha value is -1.62. The van der Waals surface area contributed by atoms with Crippen molar-refractivity contribution in [3.8, 4) is 0 Å². The van der Waals surface area contributed by atoms with Crippen molar-refractivity contribution in [3.63, 3.8) is 0 Å². The minimum atomic E-state index is -1.05. The van der Waals surface area contributed by atoms with Gasteiger partial charge in [-0.2, -0.15) is 0 Å². The van der Waals surface area contributed by atoms with Crippen LogP contribution < -0.4 is 5.32 Å². The van der Waals surface area contributed by atoms with Crippen LogP contribution in [0, 0.1) is 0 Å². The molecule has 0 radical (unpaired) electrons. The number of carboxylic acid groups (broad SMARTS) is 1. The Morgan fingerprint density at radius 1 is 1.33 bits per heavy atom. The van der Waals surface area contributed by atoms with Crippen LogP contribution in [0.2, 0.25) is 0 Å². The average Bonchev–Trinajstić information content (AvgIpc) is 2.25. The molecule has 98 valence electrons. The van der Waals surface area contributed by atoms with E-state index in [1.54, 1.807) is 20.8 Å². The van der Waals surface area contributed by atoms with E-state index in [0.717, 1.165) is 10.5 Å². The van der Waals surface area contributed by atoms with Gasteiger partial charge in [-0.25, -0.2) is 9.69 Å². The molecule has 2 N–H and O–H groups in total. The molecule has 0 saturated heterocycles. The predicted octanol–water partition coefficient (Wildman–Crippen LogP) is 2.84. The SMILES string of the molecule is CC(C)(C)N(C(=O)O)C(=S)NCc1ccccc1. The second-order valence-electron chi connectivity index (χ2n) is 4.93. The van der Waals surface area contributed by atoms with Crippen molar-refractivity contribution < 1.29 is 9.90 Å². The predicted molar refractivity (Wildman–Crippen MR) is 75.5 cm³/mol. The number of rotatable bonds is 2. The summed E-state index contributed by atoms with van der Waals surface area (Å²) in [7, 11) is 0. The molecule has 1 rings (SSSR count). The van der Waals surface area contributed by atoms with Crippen molar-refractivity contribution >= 4 is 23.4 Å². The lowest BCUT2D eigenvalue weighted by molar-refractivity contribution is 0.140. The second-order valence-corrected chi connectivity index (χ2v) is 5.32. The third-order valence-corrected chi connectivity index (χ3v) is 2.68. The minimum absolute atomic E-state index is 0.221. The van der Waals surface area contributed by atoms with Crippen LogP contribution in [0.1, 0.15) is 26.3 Å². The van der Waals surface area contributed by atoms with Crippen LogP contribution in [0.3, 0.4) is 0 Å². The van der Waals surface area contributed by atoms with Crippen LogP contribution in [-0.4, -0.2) is 26.8 Å². The molecule has 0 fully saturated rings. The van der Waals surface area contributed by atoms with Crippen LogP contribution >= 0.6 is 12.2 Å². The average molecular weight is 266 g/mol. The van der Waals surface area contributed by atoms with Crippen LogP contribution in [0.5, 0.6) is 0 Å². The monoisotopic (exact) mass is 266 g/mol. The van der Waals surface area contributed by atoms with Gasteiger partial charge < -0.3 is 10.4 Å². The molecule has 0 aromatic heterocycles. The Balaban J connectivity index is 2.67. The molecule has 0 bridgehead atoms. The standard InChI is InChI=1S/C13H18N2O2S/c1-13(2,3)15(12(16)17)11(18)14-9-10-7-5-4-6-8-10/h4-8H,9H2,1-3H3,(H,14,18)(H,16,17). The number of carbonyl (C=O) groups is 1. The third-order valence-electron chi connectivity index (χ3n) is 2.35. The summed E-state index contributed by atoms with van der Waals surface area (Å²) in [5.74, 6) is 0. The van der Waals surface area contributed by atoms with Crippen molar-refractivity contribution in [1.29, 1.82) is 0 Å². The van der Waals surface area contributed by atoms with E-state index in [-0.39, 0.29) is 5.11 Å². The molecule has 5 heteroatoms. The third kappa shape index (κ3) is 4.00. The first-order valence-corrected chi connectivity index (χ1v) is 6.08. The summed E-state index contributed by atoms with van der Waals surface area (Å²) in [6, 6.07) is 9.70. The van der Waals surface area contributed by atoms with E-state index in [4.69, 9.17) is 12.2 Å². The molecular weight excluding hydrogens is 248 g/mol. The topological polar surface area (TPSA) is 52.6 Å². The zero-order valence-corrected chi connectivity index (χ0v) is 11.6. The summed E-state index contributed by atoms with van der Waals surface area (Å²) < 4.78 is 0.